The summed E-state index contributed by atoms with van der Waals surface area (Å²) in [6, 6.07) is 6.01. The Morgan fingerprint density at radius 3 is 2.94 bits per heavy atom. The molecule has 0 spiro atoms. The zero-order valence-electron chi connectivity index (χ0n) is 8.95. The first-order chi connectivity index (χ1) is 8.19. The first kappa shape index (κ1) is 11.8. The van der Waals surface area contributed by atoms with Gasteiger partial charge in [0.25, 0.3) is 0 Å². The van der Waals surface area contributed by atoms with Gasteiger partial charge in [-0.25, -0.2) is 9.37 Å². The molecule has 17 heavy (non-hydrogen) atoms. The van der Waals surface area contributed by atoms with E-state index in [0.29, 0.717) is 5.95 Å². The second-order valence-electron chi connectivity index (χ2n) is 3.15. The van der Waals surface area contributed by atoms with Gasteiger partial charge in [0.15, 0.2) is 11.6 Å². The number of halogens is 2. The average molecular weight is 298 g/mol. The Morgan fingerprint density at radius 2 is 2.18 bits per heavy atom. The van der Waals surface area contributed by atoms with Crippen molar-refractivity contribution in [2.24, 2.45) is 0 Å². The largest absolute Gasteiger partial charge is 0.436 e. The van der Waals surface area contributed by atoms with E-state index < -0.39 is 5.82 Å². The summed E-state index contributed by atoms with van der Waals surface area (Å²) in [7, 11) is 1.69. The lowest BCUT2D eigenvalue weighted by atomic mass is 10.3. The van der Waals surface area contributed by atoms with Crippen LogP contribution in [-0.4, -0.2) is 17.0 Å². The average Bonchev–Trinajstić information content (AvgIpc) is 2.34. The van der Waals surface area contributed by atoms with Crippen molar-refractivity contribution in [2.45, 2.75) is 0 Å². The quantitative estimate of drug-likeness (QED) is 0.945. The van der Waals surface area contributed by atoms with Crippen LogP contribution >= 0.6 is 15.9 Å². The summed E-state index contributed by atoms with van der Waals surface area (Å²) < 4.78 is 19.5. The van der Waals surface area contributed by atoms with Gasteiger partial charge in [0, 0.05) is 23.8 Å². The minimum atomic E-state index is -0.446. The Hall–Kier alpha value is -1.69. The normalized spacial score (nSPS) is 10.1. The van der Waals surface area contributed by atoms with Crippen LogP contribution in [0, 0.1) is 5.82 Å². The molecular weight excluding hydrogens is 289 g/mol. The zero-order valence-corrected chi connectivity index (χ0v) is 10.5. The first-order valence-corrected chi connectivity index (χ1v) is 5.62. The number of rotatable bonds is 3. The van der Waals surface area contributed by atoms with E-state index in [1.807, 2.05) is 0 Å². The summed E-state index contributed by atoms with van der Waals surface area (Å²) in [5.74, 6) is 0.359. The molecule has 0 amide bonds. The van der Waals surface area contributed by atoms with Crippen LogP contribution in [0.2, 0.25) is 0 Å². The molecular formula is C11H9BrFN3O. The van der Waals surface area contributed by atoms with Crippen molar-refractivity contribution in [1.29, 1.82) is 0 Å². The maximum Gasteiger partial charge on any atom is 0.225 e. The third kappa shape index (κ3) is 2.91. The van der Waals surface area contributed by atoms with Crippen LogP contribution in [0.15, 0.2) is 34.9 Å². The first-order valence-electron chi connectivity index (χ1n) is 4.83. The smallest absolute Gasteiger partial charge is 0.225 e. The molecule has 0 radical (unpaired) electrons. The van der Waals surface area contributed by atoms with Crippen LogP contribution in [0.5, 0.6) is 11.6 Å². The number of anilines is 1. The SMILES string of the molecule is CNc1nccc(Oc2cc(Br)ccc2F)n1. The van der Waals surface area contributed by atoms with Gasteiger partial charge in [-0.05, 0) is 18.2 Å². The number of aromatic nitrogens is 2. The molecule has 4 nitrogen and oxygen atoms in total. The molecule has 0 aliphatic heterocycles. The highest BCUT2D eigenvalue weighted by Gasteiger charge is 2.06. The molecule has 88 valence electrons. The molecule has 0 saturated heterocycles. The van der Waals surface area contributed by atoms with Gasteiger partial charge in [-0.15, -0.1) is 0 Å². The third-order valence-corrected chi connectivity index (χ3v) is 2.45. The molecule has 1 aromatic heterocycles. The monoisotopic (exact) mass is 297 g/mol. The molecule has 0 fully saturated rings. The Bertz CT molecular complexity index is 536. The van der Waals surface area contributed by atoms with Gasteiger partial charge < -0.3 is 10.1 Å². The molecule has 0 unspecified atom stereocenters. The Balaban J connectivity index is 2.27. The highest BCUT2D eigenvalue weighted by Crippen LogP contribution is 2.26. The summed E-state index contributed by atoms with van der Waals surface area (Å²) in [6.45, 7) is 0. The standard InChI is InChI=1S/C11H9BrFN3O/c1-14-11-15-5-4-10(16-11)17-9-6-7(12)2-3-8(9)13/h2-6H,1H3,(H,14,15,16). The van der Waals surface area contributed by atoms with E-state index in [1.165, 1.54) is 18.3 Å². The van der Waals surface area contributed by atoms with Crippen molar-refractivity contribution in [3.8, 4) is 11.6 Å². The molecule has 2 rings (SSSR count). The number of hydrogen-bond donors (Lipinski definition) is 1. The maximum atomic E-state index is 13.4. The zero-order chi connectivity index (χ0) is 12.3. The maximum absolute atomic E-state index is 13.4. The van der Waals surface area contributed by atoms with Crippen molar-refractivity contribution in [1.82, 2.24) is 9.97 Å². The number of nitrogens with one attached hydrogen (secondary N) is 1. The lowest BCUT2D eigenvalue weighted by Crippen LogP contribution is -1.97. The van der Waals surface area contributed by atoms with E-state index in [9.17, 15) is 4.39 Å². The lowest BCUT2D eigenvalue weighted by Gasteiger charge is -2.06. The summed E-state index contributed by atoms with van der Waals surface area (Å²) >= 11 is 3.25. The highest BCUT2D eigenvalue weighted by molar-refractivity contribution is 9.10. The third-order valence-electron chi connectivity index (χ3n) is 1.96. The van der Waals surface area contributed by atoms with Crippen LogP contribution in [0.1, 0.15) is 0 Å². The van der Waals surface area contributed by atoms with Gasteiger partial charge in [0.05, 0.1) is 0 Å². The van der Waals surface area contributed by atoms with Crippen molar-refractivity contribution in [3.63, 3.8) is 0 Å². The summed E-state index contributed by atoms with van der Waals surface area (Å²) in [6.07, 6.45) is 1.53. The van der Waals surface area contributed by atoms with Crippen LogP contribution in [0.4, 0.5) is 10.3 Å². The molecule has 0 aliphatic carbocycles. The number of benzene rings is 1. The van der Waals surface area contributed by atoms with Crippen molar-refractivity contribution in [3.05, 3.63) is 40.8 Å². The van der Waals surface area contributed by atoms with Crippen molar-refractivity contribution >= 4 is 21.9 Å². The fourth-order valence-electron chi connectivity index (χ4n) is 1.19. The van der Waals surface area contributed by atoms with E-state index >= 15 is 0 Å². The second kappa shape index (κ2) is 5.09. The minimum Gasteiger partial charge on any atom is -0.436 e. The molecule has 0 bridgehead atoms. The molecule has 6 heteroatoms. The molecule has 1 aromatic carbocycles. The fourth-order valence-corrected chi connectivity index (χ4v) is 1.53. The number of ether oxygens (including phenoxy) is 1. The highest BCUT2D eigenvalue weighted by atomic mass is 79.9. The topological polar surface area (TPSA) is 47.0 Å². The van der Waals surface area contributed by atoms with Gasteiger partial charge in [0.2, 0.25) is 11.8 Å². The van der Waals surface area contributed by atoms with E-state index in [0.717, 1.165) is 4.47 Å². The molecule has 1 heterocycles. The van der Waals surface area contributed by atoms with Gasteiger partial charge in [-0.1, -0.05) is 15.9 Å². The van der Waals surface area contributed by atoms with Crippen LogP contribution < -0.4 is 10.1 Å². The summed E-state index contributed by atoms with van der Waals surface area (Å²) in [5.41, 5.74) is 0. The van der Waals surface area contributed by atoms with Gasteiger partial charge >= 0.3 is 0 Å². The van der Waals surface area contributed by atoms with Gasteiger partial charge in [-0.2, -0.15) is 4.98 Å². The lowest BCUT2D eigenvalue weighted by molar-refractivity contribution is 0.427. The van der Waals surface area contributed by atoms with Crippen LogP contribution in [0.3, 0.4) is 0 Å². The predicted octanol–water partition coefficient (Wildman–Crippen LogP) is 3.21. The minimum absolute atomic E-state index is 0.111. The Kier molecular flexibility index (Phi) is 3.53. The van der Waals surface area contributed by atoms with E-state index in [4.69, 9.17) is 4.74 Å². The van der Waals surface area contributed by atoms with Crippen molar-refractivity contribution in [2.75, 3.05) is 12.4 Å². The molecule has 2 aromatic rings. The van der Waals surface area contributed by atoms with Gasteiger partial charge in [0.1, 0.15) is 0 Å². The number of nitrogens with zero attached hydrogens (tertiary/aromatic N) is 2. The van der Waals surface area contributed by atoms with Crippen molar-refractivity contribution < 1.29 is 9.13 Å². The second-order valence-corrected chi connectivity index (χ2v) is 4.06. The molecule has 0 aliphatic rings. The fraction of sp³-hybridized carbons (Fsp3) is 0.0909. The molecule has 0 saturated carbocycles. The van der Waals surface area contributed by atoms with Crippen LogP contribution in [-0.2, 0) is 0 Å². The van der Waals surface area contributed by atoms with Gasteiger partial charge in [-0.3, -0.25) is 0 Å². The van der Waals surface area contributed by atoms with E-state index in [1.54, 1.807) is 19.2 Å². The Labute approximate surface area is 106 Å². The predicted molar refractivity (Wildman–Crippen MR) is 65.8 cm³/mol. The summed E-state index contributed by atoms with van der Waals surface area (Å²) in [5, 5.41) is 2.77. The van der Waals surface area contributed by atoms with Crippen LogP contribution in [0.25, 0.3) is 0 Å². The Morgan fingerprint density at radius 1 is 1.35 bits per heavy atom. The van der Waals surface area contributed by atoms with E-state index in [-0.39, 0.29) is 11.6 Å². The molecule has 1 N–H and O–H groups in total. The molecule has 0 atom stereocenters. The summed E-state index contributed by atoms with van der Waals surface area (Å²) in [4.78, 5) is 7.97. The number of hydrogen-bond acceptors (Lipinski definition) is 4. The van der Waals surface area contributed by atoms with E-state index in [2.05, 4.69) is 31.2 Å².